The predicted molar refractivity (Wildman–Crippen MR) is 102 cm³/mol. The van der Waals surface area contributed by atoms with E-state index >= 15 is 0 Å². The molecule has 0 radical (unpaired) electrons. The second-order valence-electron chi connectivity index (χ2n) is 7.45. The van der Waals surface area contributed by atoms with E-state index in [1.54, 1.807) is 11.1 Å². The normalized spacial score (nSPS) is 21.3. The monoisotopic (exact) mass is 336 g/mol. The van der Waals surface area contributed by atoms with Crippen molar-refractivity contribution in [3.05, 3.63) is 53.0 Å². The number of nitrogens with one attached hydrogen (secondary N) is 1. The molecule has 2 heterocycles. The molecule has 1 aromatic heterocycles. The fraction of sp³-hybridized carbons (Fsp3) is 0.524. The molecule has 0 amide bonds. The molecule has 1 aromatic carbocycles. The number of nitrogens with zero attached hydrogens (tertiary/aromatic N) is 3. The van der Waals surface area contributed by atoms with Crippen molar-refractivity contribution < 1.29 is 0 Å². The van der Waals surface area contributed by atoms with Crippen LogP contribution >= 0.6 is 0 Å². The van der Waals surface area contributed by atoms with Gasteiger partial charge in [0.25, 0.3) is 0 Å². The maximum atomic E-state index is 4.65. The maximum Gasteiger partial charge on any atom is 0.133 e. The van der Waals surface area contributed by atoms with Gasteiger partial charge in [0.2, 0.25) is 0 Å². The van der Waals surface area contributed by atoms with E-state index in [1.807, 2.05) is 13.1 Å². The molecular weight excluding hydrogens is 308 g/mol. The van der Waals surface area contributed by atoms with Crippen LogP contribution in [0.5, 0.6) is 0 Å². The van der Waals surface area contributed by atoms with Crippen LogP contribution < -0.4 is 5.32 Å². The molecule has 132 valence electrons. The number of piperidine rings is 1. The Hall–Kier alpha value is -1.94. The summed E-state index contributed by atoms with van der Waals surface area (Å²) in [5, 5.41) is 3.72. The van der Waals surface area contributed by atoms with Crippen molar-refractivity contribution >= 4 is 5.82 Å². The Balaban J connectivity index is 1.43. The summed E-state index contributed by atoms with van der Waals surface area (Å²) in [6.45, 7) is 6.47. The highest BCUT2D eigenvalue weighted by Crippen LogP contribution is 2.28. The number of anilines is 1. The Morgan fingerprint density at radius 1 is 1.20 bits per heavy atom. The molecule has 0 saturated carbocycles. The summed E-state index contributed by atoms with van der Waals surface area (Å²) in [6, 6.07) is 10.1. The van der Waals surface area contributed by atoms with Crippen molar-refractivity contribution in [1.29, 1.82) is 0 Å². The van der Waals surface area contributed by atoms with E-state index in [9.17, 15) is 0 Å². The van der Waals surface area contributed by atoms with Gasteiger partial charge in [-0.05, 0) is 56.7 Å². The Kier molecular flexibility index (Phi) is 4.71. The summed E-state index contributed by atoms with van der Waals surface area (Å²) < 4.78 is 0. The van der Waals surface area contributed by atoms with Crippen LogP contribution in [0, 0.1) is 6.92 Å². The van der Waals surface area contributed by atoms with E-state index in [0.29, 0.717) is 12.1 Å². The van der Waals surface area contributed by atoms with Gasteiger partial charge in [0, 0.05) is 30.4 Å². The lowest BCUT2D eigenvalue weighted by Crippen LogP contribution is -2.47. The molecule has 2 aromatic rings. The summed E-state index contributed by atoms with van der Waals surface area (Å²) in [7, 11) is 0. The number of hydrogen-bond acceptors (Lipinski definition) is 4. The van der Waals surface area contributed by atoms with Crippen LogP contribution in [0.1, 0.15) is 42.3 Å². The molecule has 1 aliphatic carbocycles. The predicted octanol–water partition coefficient (Wildman–Crippen LogP) is 3.39. The van der Waals surface area contributed by atoms with Gasteiger partial charge < -0.3 is 5.32 Å². The minimum atomic E-state index is 0.483. The molecule has 0 spiro atoms. The van der Waals surface area contributed by atoms with Gasteiger partial charge in [0.15, 0.2) is 0 Å². The lowest BCUT2D eigenvalue weighted by Gasteiger charge is -2.37. The molecule has 2 aliphatic rings. The van der Waals surface area contributed by atoms with Crippen molar-refractivity contribution in [2.24, 2.45) is 0 Å². The molecule has 1 atom stereocenters. The van der Waals surface area contributed by atoms with Gasteiger partial charge in [-0.2, -0.15) is 0 Å². The van der Waals surface area contributed by atoms with Gasteiger partial charge in [-0.1, -0.05) is 31.2 Å². The number of hydrogen-bond donors (Lipinski definition) is 1. The van der Waals surface area contributed by atoms with Crippen LogP contribution in [-0.4, -0.2) is 40.0 Å². The van der Waals surface area contributed by atoms with E-state index in [4.69, 9.17) is 0 Å². The Morgan fingerprint density at radius 3 is 2.68 bits per heavy atom. The highest BCUT2D eigenvalue weighted by atomic mass is 15.2. The molecule has 1 saturated heterocycles. The Labute approximate surface area is 150 Å². The molecule has 0 unspecified atom stereocenters. The molecule has 4 nitrogen and oxygen atoms in total. The Bertz CT molecular complexity index is 717. The zero-order valence-corrected chi connectivity index (χ0v) is 15.3. The molecule has 4 rings (SSSR count). The molecule has 25 heavy (non-hydrogen) atoms. The molecule has 1 aliphatic heterocycles. The van der Waals surface area contributed by atoms with Crippen molar-refractivity contribution in [3.8, 4) is 0 Å². The van der Waals surface area contributed by atoms with Gasteiger partial charge in [-0.3, -0.25) is 4.90 Å². The zero-order chi connectivity index (χ0) is 17.2. The number of benzene rings is 1. The summed E-state index contributed by atoms with van der Waals surface area (Å²) in [4.78, 5) is 11.7. The standard InChI is InChI=1S/C21H28N4/c1-3-16-13-22-15(2)23-21(16)24-19-9-6-10-25(14-19)20-11-17-7-4-5-8-18(17)12-20/h4-5,7-8,13,19-20H,3,6,9-12,14H2,1-2H3,(H,22,23,24)/t19-/m0/s1. The highest BCUT2D eigenvalue weighted by molar-refractivity contribution is 5.44. The average molecular weight is 336 g/mol. The fourth-order valence-corrected chi connectivity index (χ4v) is 4.32. The summed E-state index contributed by atoms with van der Waals surface area (Å²) in [6.07, 6.45) is 7.83. The third kappa shape index (κ3) is 3.54. The van der Waals surface area contributed by atoms with E-state index in [-0.39, 0.29) is 0 Å². The molecule has 1 N–H and O–H groups in total. The van der Waals surface area contributed by atoms with Crippen molar-refractivity contribution in [3.63, 3.8) is 0 Å². The molecular formula is C21H28N4. The van der Waals surface area contributed by atoms with Gasteiger partial charge in [-0.15, -0.1) is 0 Å². The van der Waals surface area contributed by atoms with E-state index in [0.717, 1.165) is 24.6 Å². The first-order valence-corrected chi connectivity index (χ1v) is 9.63. The number of rotatable bonds is 4. The van der Waals surface area contributed by atoms with Crippen molar-refractivity contribution in [2.75, 3.05) is 18.4 Å². The summed E-state index contributed by atoms with van der Waals surface area (Å²) >= 11 is 0. The number of aromatic nitrogens is 2. The lowest BCUT2D eigenvalue weighted by atomic mass is 10.0. The maximum absolute atomic E-state index is 4.65. The lowest BCUT2D eigenvalue weighted by molar-refractivity contribution is 0.158. The van der Waals surface area contributed by atoms with Crippen LogP contribution in [0.25, 0.3) is 0 Å². The topological polar surface area (TPSA) is 41.1 Å². The molecule has 4 heteroatoms. The van der Waals surface area contributed by atoms with Crippen LogP contribution in [0.4, 0.5) is 5.82 Å². The van der Waals surface area contributed by atoms with E-state index < -0.39 is 0 Å². The highest BCUT2D eigenvalue weighted by Gasteiger charge is 2.30. The van der Waals surface area contributed by atoms with Crippen molar-refractivity contribution in [2.45, 2.75) is 58.0 Å². The fourth-order valence-electron chi connectivity index (χ4n) is 4.32. The number of aryl methyl sites for hydroxylation is 2. The largest absolute Gasteiger partial charge is 0.366 e. The van der Waals surface area contributed by atoms with Gasteiger partial charge in [0.05, 0.1) is 0 Å². The summed E-state index contributed by atoms with van der Waals surface area (Å²) in [5.74, 6) is 1.88. The average Bonchev–Trinajstić information content (AvgIpc) is 3.06. The second-order valence-corrected chi connectivity index (χ2v) is 7.45. The van der Waals surface area contributed by atoms with E-state index in [1.165, 1.54) is 37.8 Å². The smallest absolute Gasteiger partial charge is 0.133 e. The SMILES string of the molecule is CCc1cnc(C)nc1N[C@H]1CCCN(C2Cc3ccccc3C2)C1. The van der Waals surface area contributed by atoms with Crippen LogP contribution in [0.3, 0.4) is 0 Å². The van der Waals surface area contributed by atoms with E-state index in [2.05, 4.69) is 51.4 Å². The first-order valence-electron chi connectivity index (χ1n) is 9.63. The molecule has 0 bridgehead atoms. The third-order valence-electron chi connectivity index (χ3n) is 5.71. The zero-order valence-electron chi connectivity index (χ0n) is 15.3. The van der Waals surface area contributed by atoms with Gasteiger partial charge >= 0.3 is 0 Å². The van der Waals surface area contributed by atoms with Crippen molar-refractivity contribution in [1.82, 2.24) is 14.9 Å². The molecule has 1 fully saturated rings. The first kappa shape index (κ1) is 16.5. The van der Waals surface area contributed by atoms with Gasteiger partial charge in [-0.25, -0.2) is 9.97 Å². The second kappa shape index (κ2) is 7.12. The van der Waals surface area contributed by atoms with Crippen LogP contribution in [-0.2, 0) is 19.3 Å². The van der Waals surface area contributed by atoms with Gasteiger partial charge in [0.1, 0.15) is 11.6 Å². The number of likely N-dealkylation sites (tertiary alicyclic amines) is 1. The van der Waals surface area contributed by atoms with Crippen LogP contribution in [0.15, 0.2) is 30.5 Å². The first-order chi connectivity index (χ1) is 12.2. The quantitative estimate of drug-likeness (QED) is 0.929. The minimum absolute atomic E-state index is 0.483. The Morgan fingerprint density at radius 2 is 1.96 bits per heavy atom. The summed E-state index contributed by atoms with van der Waals surface area (Å²) in [5.41, 5.74) is 4.31. The van der Waals surface area contributed by atoms with Crippen LogP contribution in [0.2, 0.25) is 0 Å². The minimum Gasteiger partial charge on any atom is -0.366 e. The number of fused-ring (bicyclic) bond motifs is 1. The third-order valence-corrected chi connectivity index (χ3v) is 5.71.